The average Bonchev–Trinajstić information content (AvgIpc) is 2.22. The van der Waals surface area contributed by atoms with E-state index in [1.807, 2.05) is 6.07 Å². The van der Waals surface area contributed by atoms with E-state index in [1.165, 1.54) is 0 Å². The van der Waals surface area contributed by atoms with Gasteiger partial charge in [-0.15, -0.1) is 0 Å². The van der Waals surface area contributed by atoms with E-state index in [0.717, 1.165) is 18.9 Å². The fourth-order valence-corrected chi connectivity index (χ4v) is 1.97. The van der Waals surface area contributed by atoms with Gasteiger partial charge in [-0.1, -0.05) is 0 Å². The van der Waals surface area contributed by atoms with Gasteiger partial charge in [-0.05, 0) is 31.5 Å². The number of halogens is 1. The summed E-state index contributed by atoms with van der Waals surface area (Å²) in [6.07, 6.45) is 1.70. The maximum Gasteiger partial charge on any atom is 0.224 e. The molecule has 1 aromatic heterocycles. The molecular weight excluding hydrogens is 212 g/mol. The Hall–Kier alpha value is -0.870. The Morgan fingerprint density at radius 1 is 1.53 bits per heavy atom. The molecule has 0 aromatic carbocycles. The van der Waals surface area contributed by atoms with E-state index in [9.17, 15) is 0 Å². The molecule has 0 bridgehead atoms. The van der Waals surface area contributed by atoms with Crippen LogP contribution in [0.2, 0.25) is 5.28 Å². The molecule has 2 unspecified atom stereocenters. The van der Waals surface area contributed by atoms with Gasteiger partial charge in [0.2, 0.25) is 5.28 Å². The third-order valence-electron chi connectivity index (χ3n) is 2.67. The van der Waals surface area contributed by atoms with Crippen molar-refractivity contribution in [3.63, 3.8) is 0 Å². The van der Waals surface area contributed by atoms with Crippen LogP contribution < -0.4 is 10.2 Å². The molecule has 15 heavy (non-hydrogen) atoms. The monoisotopic (exact) mass is 226 g/mol. The Labute approximate surface area is 94.7 Å². The topological polar surface area (TPSA) is 41.1 Å². The van der Waals surface area contributed by atoms with Crippen LogP contribution in [-0.4, -0.2) is 35.1 Å². The van der Waals surface area contributed by atoms with E-state index in [1.54, 1.807) is 6.20 Å². The third-order valence-corrected chi connectivity index (χ3v) is 2.85. The Morgan fingerprint density at radius 2 is 2.33 bits per heavy atom. The standard InChI is InChI=1S/C10H15ClN4/c1-7-6-15(8(2)5-13-7)9-3-4-12-10(11)14-9/h3-4,7-8,13H,5-6H2,1-2H3. The minimum atomic E-state index is 0.311. The second-order valence-electron chi connectivity index (χ2n) is 3.99. The minimum absolute atomic E-state index is 0.311. The van der Waals surface area contributed by atoms with Gasteiger partial charge < -0.3 is 10.2 Å². The molecule has 0 radical (unpaired) electrons. The first-order valence-corrected chi connectivity index (χ1v) is 5.53. The van der Waals surface area contributed by atoms with Crippen molar-refractivity contribution in [3.8, 4) is 0 Å². The highest BCUT2D eigenvalue weighted by Crippen LogP contribution is 2.17. The van der Waals surface area contributed by atoms with Gasteiger partial charge in [-0.25, -0.2) is 9.97 Å². The zero-order valence-corrected chi connectivity index (χ0v) is 9.70. The van der Waals surface area contributed by atoms with Gasteiger partial charge in [0.25, 0.3) is 0 Å². The van der Waals surface area contributed by atoms with Crippen molar-refractivity contribution in [1.29, 1.82) is 0 Å². The third kappa shape index (κ3) is 2.38. The van der Waals surface area contributed by atoms with Crippen LogP contribution in [0.4, 0.5) is 5.82 Å². The Bertz CT molecular complexity index is 344. The summed E-state index contributed by atoms with van der Waals surface area (Å²) < 4.78 is 0. The number of rotatable bonds is 1. The highest BCUT2D eigenvalue weighted by Gasteiger charge is 2.23. The van der Waals surface area contributed by atoms with E-state index in [-0.39, 0.29) is 0 Å². The number of piperazine rings is 1. The summed E-state index contributed by atoms with van der Waals surface area (Å²) in [5.41, 5.74) is 0. The Kier molecular flexibility index (Phi) is 3.07. The van der Waals surface area contributed by atoms with Crippen LogP contribution in [0.15, 0.2) is 12.3 Å². The van der Waals surface area contributed by atoms with Crippen LogP contribution in [0.3, 0.4) is 0 Å². The van der Waals surface area contributed by atoms with Crippen molar-refractivity contribution < 1.29 is 0 Å². The zero-order chi connectivity index (χ0) is 10.8. The molecule has 0 amide bonds. The fraction of sp³-hybridized carbons (Fsp3) is 0.600. The summed E-state index contributed by atoms with van der Waals surface area (Å²) in [5, 5.41) is 3.74. The quantitative estimate of drug-likeness (QED) is 0.734. The normalized spacial score (nSPS) is 26.7. The van der Waals surface area contributed by atoms with Crippen LogP contribution in [-0.2, 0) is 0 Å². The van der Waals surface area contributed by atoms with Gasteiger partial charge >= 0.3 is 0 Å². The summed E-state index contributed by atoms with van der Waals surface area (Å²) in [4.78, 5) is 10.4. The predicted octanol–water partition coefficient (Wildman–Crippen LogP) is 1.32. The molecule has 4 nitrogen and oxygen atoms in total. The van der Waals surface area contributed by atoms with E-state index in [0.29, 0.717) is 17.4 Å². The van der Waals surface area contributed by atoms with Crippen molar-refractivity contribution >= 4 is 17.4 Å². The van der Waals surface area contributed by atoms with Crippen molar-refractivity contribution in [1.82, 2.24) is 15.3 Å². The average molecular weight is 227 g/mol. The molecule has 82 valence electrons. The molecule has 1 N–H and O–H groups in total. The highest BCUT2D eigenvalue weighted by molar-refractivity contribution is 6.28. The molecule has 2 rings (SSSR count). The number of nitrogens with one attached hydrogen (secondary N) is 1. The molecule has 1 fully saturated rings. The number of anilines is 1. The summed E-state index contributed by atoms with van der Waals surface area (Å²) in [6.45, 7) is 6.27. The van der Waals surface area contributed by atoms with Gasteiger partial charge in [-0.3, -0.25) is 0 Å². The molecule has 1 aliphatic heterocycles. The lowest BCUT2D eigenvalue weighted by Crippen LogP contribution is -2.54. The van der Waals surface area contributed by atoms with Crippen molar-refractivity contribution in [2.24, 2.45) is 0 Å². The number of nitrogens with zero attached hydrogens (tertiary/aromatic N) is 3. The van der Waals surface area contributed by atoms with Crippen LogP contribution in [0.5, 0.6) is 0 Å². The highest BCUT2D eigenvalue weighted by atomic mass is 35.5. The fourth-order valence-electron chi connectivity index (χ4n) is 1.83. The lowest BCUT2D eigenvalue weighted by molar-refractivity contribution is 0.422. The largest absolute Gasteiger partial charge is 0.351 e. The van der Waals surface area contributed by atoms with E-state index < -0.39 is 0 Å². The Morgan fingerprint density at radius 3 is 3.07 bits per heavy atom. The van der Waals surface area contributed by atoms with Crippen LogP contribution in [0.1, 0.15) is 13.8 Å². The minimum Gasteiger partial charge on any atom is -0.351 e. The molecule has 1 aliphatic rings. The molecule has 2 heterocycles. The van der Waals surface area contributed by atoms with Gasteiger partial charge in [0.15, 0.2) is 0 Å². The maximum atomic E-state index is 5.78. The first kappa shape index (κ1) is 10.6. The first-order valence-electron chi connectivity index (χ1n) is 5.15. The first-order chi connectivity index (χ1) is 7.16. The maximum absolute atomic E-state index is 5.78. The number of hydrogen-bond acceptors (Lipinski definition) is 4. The van der Waals surface area contributed by atoms with Gasteiger partial charge in [-0.2, -0.15) is 0 Å². The van der Waals surface area contributed by atoms with E-state index >= 15 is 0 Å². The van der Waals surface area contributed by atoms with Crippen LogP contribution in [0, 0.1) is 0 Å². The van der Waals surface area contributed by atoms with Gasteiger partial charge in [0, 0.05) is 31.4 Å². The molecule has 1 saturated heterocycles. The second kappa shape index (κ2) is 4.33. The summed E-state index contributed by atoms with van der Waals surface area (Å²) in [7, 11) is 0. The van der Waals surface area contributed by atoms with E-state index in [4.69, 9.17) is 11.6 Å². The molecule has 0 saturated carbocycles. The SMILES string of the molecule is CC1CN(c2ccnc(Cl)n2)C(C)CN1. The molecule has 0 aliphatic carbocycles. The van der Waals surface area contributed by atoms with Crippen LogP contribution >= 0.6 is 11.6 Å². The van der Waals surface area contributed by atoms with Crippen LogP contribution in [0.25, 0.3) is 0 Å². The Balaban J connectivity index is 2.21. The van der Waals surface area contributed by atoms with Crippen molar-refractivity contribution in [3.05, 3.63) is 17.5 Å². The number of hydrogen-bond donors (Lipinski definition) is 1. The summed E-state index contributed by atoms with van der Waals surface area (Å²) in [6, 6.07) is 2.82. The molecule has 5 heteroatoms. The summed E-state index contributed by atoms with van der Waals surface area (Å²) in [5.74, 6) is 0.913. The predicted molar refractivity (Wildman–Crippen MR) is 61.3 cm³/mol. The lowest BCUT2D eigenvalue weighted by Gasteiger charge is -2.38. The molecule has 2 atom stereocenters. The van der Waals surface area contributed by atoms with Gasteiger partial charge in [0.05, 0.1) is 0 Å². The van der Waals surface area contributed by atoms with Crippen molar-refractivity contribution in [2.75, 3.05) is 18.0 Å². The molecular formula is C10H15ClN4. The smallest absolute Gasteiger partial charge is 0.224 e. The number of aromatic nitrogens is 2. The lowest BCUT2D eigenvalue weighted by atomic mass is 10.1. The van der Waals surface area contributed by atoms with Gasteiger partial charge in [0.1, 0.15) is 5.82 Å². The zero-order valence-electron chi connectivity index (χ0n) is 8.94. The van der Waals surface area contributed by atoms with E-state index in [2.05, 4.69) is 34.0 Å². The molecule has 1 aromatic rings. The summed E-state index contributed by atoms with van der Waals surface area (Å²) >= 11 is 5.78. The second-order valence-corrected chi connectivity index (χ2v) is 4.33. The van der Waals surface area contributed by atoms with Crippen molar-refractivity contribution in [2.45, 2.75) is 25.9 Å². The molecule has 0 spiro atoms.